The molecule has 1 unspecified atom stereocenters. The molecule has 1 aliphatic rings. The molecule has 1 heteroatoms. The van der Waals surface area contributed by atoms with Crippen LogP contribution in [0, 0.1) is 11.8 Å². The van der Waals surface area contributed by atoms with Crippen LogP contribution >= 0.6 is 0 Å². The van der Waals surface area contributed by atoms with E-state index >= 15 is 0 Å². The van der Waals surface area contributed by atoms with Crippen LogP contribution in [0.1, 0.15) is 63.2 Å². The average molecular weight is 246 g/mol. The molecule has 18 heavy (non-hydrogen) atoms. The molecule has 0 aromatic heterocycles. The Hall–Kier alpha value is -0.820. The number of rotatable bonds is 4. The Balaban J connectivity index is 2.03. The second kappa shape index (κ2) is 6.38. The molecule has 2 rings (SSSR count). The summed E-state index contributed by atoms with van der Waals surface area (Å²) in [6.07, 6.45) is 6.94. The highest BCUT2D eigenvalue weighted by Gasteiger charge is 2.25. The van der Waals surface area contributed by atoms with Gasteiger partial charge in [-0.2, -0.15) is 0 Å². The van der Waals surface area contributed by atoms with Crippen LogP contribution < -0.4 is 0 Å². The zero-order valence-corrected chi connectivity index (χ0v) is 11.7. The lowest BCUT2D eigenvalue weighted by Crippen LogP contribution is -2.19. The van der Waals surface area contributed by atoms with Crippen LogP contribution in [0.4, 0.5) is 0 Å². The molecule has 1 aromatic carbocycles. The Kier molecular flexibility index (Phi) is 4.82. The molecule has 1 atom stereocenters. The van der Waals surface area contributed by atoms with Gasteiger partial charge in [-0.25, -0.2) is 0 Å². The predicted octanol–water partition coefficient (Wildman–Crippen LogP) is 4.50. The lowest BCUT2D eigenvalue weighted by atomic mass is 9.78. The first-order valence-corrected chi connectivity index (χ1v) is 7.47. The molecule has 1 aromatic rings. The summed E-state index contributed by atoms with van der Waals surface area (Å²) in [5.74, 6) is 1.32. The van der Waals surface area contributed by atoms with Gasteiger partial charge in [-0.15, -0.1) is 0 Å². The molecule has 0 radical (unpaired) electrons. The molecule has 0 saturated heterocycles. The van der Waals surface area contributed by atoms with E-state index in [1.807, 2.05) is 0 Å². The van der Waals surface area contributed by atoms with Crippen molar-refractivity contribution >= 4 is 0 Å². The fourth-order valence-electron chi connectivity index (χ4n) is 3.10. The summed E-state index contributed by atoms with van der Waals surface area (Å²) in [6, 6.07) is 8.55. The Morgan fingerprint density at radius 1 is 1.22 bits per heavy atom. The predicted molar refractivity (Wildman–Crippen MR) is 76.5 cm³/mol. The van der Waals surface area contributed by atoms with Gasteiger partial charge in [0.2, 0.25) is 0 Å². The molecular weight excluding hydrogens is 220 g/mol. The maximum atomic E-state index is 10.5. The van der Waals surface area contributed by atoms with E-state index < -0.39 is 0 Å². The molecule has 1 aliphatic carbocycles. The number of hydrogen-bond acceptors (Lipinski definition) is 1. The van der Waals surface area contributed by atoms with Gasteiger partial charge in [0, 0.05) is 0 Å². The first kappa shape index (κ1) is 13.6. The van der Waals surface area contributed by atoms with Crippen LogP contribution in [0.3, 0.4) is 0 Å². The van der Waals surface area contributed by atoms with Gasteiger partial charge >= 0.3 is 0 Å². The van der Waals surface area contributed by atoms with Crippen LogP contribution in [0.15, 0.2) is 24.3 Å². The quantitative estimate of drug-likeness (QED) is 0.829. The van der Waals surface area contributed by atoms with Crippen molar-refractivity contribution in [3.63, 3.8) is 0 Å². The molecular formula is C17H26O. The van der Waals surface area contributed by atoms with E-state index in [1.165, 1.54) is 37.7 Å². The standard InChI is InChI=1S/C17H26O/c1-3-5-14-6-4-7-16(12-14)17(18)15-10-8-13(2)9-11-15/h4,6-7,12-13,15,17-18H,3,5,8-11H2,1-2H3. The minimum absolute atomic E-state index is 0.255. The Labute approximate surface area is 111 Å². The number of aliphatic hydroxyl groups is 1. The van der Waals surface area contributed by atoms with Crippen LogP contribution in [-0.2, 0) is 6.42 Å². The van der Waals surface area contributed by atoms with E-state index in [1.54, 1.807) is 0 Å². The third-order valence-corrected chi connectivity index (χ3v) is 4.34. The van der Waals surface area contributed by atoms with Gasteiger partial charge in [0.05, 0.1) is 6.10 Å². The monoisotopic (exact) mass is 246 g/mol. The van der Waals surface area contributed by atoms with Gasteiger partial charge in [0.1, 0.15) is 0 Å². The first-order valence-electron chi connectivity index (χ1n) is 7.47. The number of aryl methyl sites for hydroxylation is 1. The van der Waals surface area contributed by atoms with E-state index in [4.69, 9.17) is 0 Å². The van der Waals surface area contributed by atoms with Crippen molar-refractivity contribution in [1.82, 2.24) is 0 Å². The van der Waals surface area contributed by atoms with Crippen LogP contribution in [0.2, 0.25) is 0 Å². The lowest BCUT2D eigenvalue weighted by molar-refractivity contribution is 0.0755. The summed E-state index contributed by atoms with van der Waals surface area (Å²) in [5.41, 5.74) is 2.48. The van der Waals surface area contributed by atoms with Gasteiger partial charge in [0.25, 0.3) is 0 Å². The highest BCUT2D eigenvalue weighted by molar-refractivity contribution is 5.25. The number of aliphatic hydroxyl groups excluding tert-OH is 1. The van der Waals surface area contributed by atoms with Gasteiger partial charge in [-0.3, -0.25) is 0 Å². The molecule has 1 N–H and O–H groups in total. The summed E-state index contributed by atoms with van der Waals surface area (Å²) in [5, 5.41) is 10.5. The molecule has 1 saturated carbocycles. The normalized spacial score (nSPS) is 25.9. The van der Waals surface area contributed by atoms with Gasteiger partial charge in [0.15, 0.2) is 0 Å². The van der Waals surface area contributed by atoms with E-state index in [-0.39, 0.29) is 6.10 Å². The first-order chi connectivity index (χ1) is 8.70. The summed E-state index contributed by atoms with van der Waals surface area (Å²) in [4.78, 5) is 0. The van der Waals surface area contributed by atoms with E-state index in [2.05, 4.69) is 38.1 Å². The largest absolute Gasteiger partial charge is 0.388 e. The molecule has 1 fully saturated rings. The van der Waals surface area contributed by atoms with Crippen molar-refractivity contribution in [2.75, 3.05) is 0 Å². The molecule has 0 heterocycles. The second-order valence-corrected chi connectivity index (χ2v) is 5.96. The van der Waals surface area contributed by atoms with E-state index in [0.717, 1.165) is 17.9 Å². The summed E-state index contributed by atoms with van der Waals surface area (Å²) >= 11 is 0. The fraction of sp³-hybridized carbons (Fsp3) is 0.647. The molecule has 0 aliphatic heterocycles. The van der Waals surface area contributed by atoms with E-state index in [0.29, 0.717) is 5.92 Å². The van der Waals surface area contributed by atoms with Crippen molar-refractivity contribution in [1.29, 1.82) is 0 Å². The third-order valence-electron chi connectivity index (χ3n) is 4.34. The van der Waals surface area contributed by atoms with Crippen molar-refractivity contribution in [2.24, 2.45) is 11.8 Å². The van der Waals surface area contributed by atoms with Crippen LogP contribution in [0.25, 0.3) is 0 Å². The highest BCUT2D eigenvalue weighted by atomic mass is 16.3. The minimum Gasteiger partial charge on any atom is -0.388 e. The fourth-order valence-corrected chi connectivity index (χ4v) is 3.10. The van der Waals surface area contributed by atoms with Gasteiger partial charge < -0.3 is 5.11 Å². The molecule has 1 nitrogen and oxygen atoms in total. The zero-order valence-electron chi connectivity index (χ0n) is 11.7. The average Bonchev–Trinajstić information content (AvgIpc) is 2.39. The molecule has 0 amide bonds. The Morgan fingerprint density at radius 2 is 1.94 bits per heavy atom. The van der Waals surface area contributed by atoms with Gasteiger partial charge in [-0.1, -0.05) is 57.4 Å². The summed E-state index contributed by atoms with van der Waals surface area (Å²) in [7, 11) is 0. The molecule has 0 bridgehead atoms. The van der Waals surface area contributed by atoms with Crippen molar-refractivity contribution < 1.29 is 5.11 Å². The highest BCUT2D eigenvalue weighted by Crippen LogP contribution is 2.36. The maximum Gasteiger partial charge on any atom is 0.0818 e. The smallest absolute Gasteiger partial charge is 0.0818 e. The Morgan fingerprint density at radius 3 is 2.61 bits per heavy atom. The minimum atomic E-state index is -0.255. The molecule has 100 valence electrons. The van der Waals surface area contributed by atoms with Crippen molar-refractivity contribution in [2.45, 2.75) is 58.5 Å². The van der Waals surface area contributed by atoms with Crippen LogP contribution in [0.5, 0.6) is 0 Å². The van der Waals surface area contributed by atoms with Crippen molar-refractivity contribution in [3.05, 3.63) is 35.4 Å². The maximum absolute atomic E-state index is 10.5. The van der Waals surface area contributed by atoms with Crippen LogP contribution in [-0.4, -0.2) is 5.11 Å². The number of benzene rings is 1. The second-order valence-electron chi connectivity index (χ2n) is 5.96. The zero-order chi connectivity index (χ0) is 13.0. The third kappa shape index (κ3) is 3.35. The molecule has 0 spiro atoms. The summed E-state index contributed by atoms with van der Waals surface area (Å²) < 4.78 is 0. The Bertz CT molecular complexity index is 364. The lowest BCUT2D eigenvalue weighted by Gasteiger charge is -2.30. The van der Waals surface area contributed by atoms with E-state index in [9.17, 15) is 5.11 Å². The SMILES string of the molecule is CCCc1cccc(C(O)C2CCC(C)CC2)c1. The van der Waals surface area contributed by atoms with Gasteiger partial charge in [-0.05, 0) is 42.2 Å². The number of hydrogen-bond donors (Lipinski definition) is 1. The van der Waals surface area contributed by atoms with Crippen molar-refractivity contribution in [3.8, 4) is 0 Å². The summed E-state index contributed by atoms with van der Waals surface area (Å²) in [6.45, 7) is 4.52. The topological polar surface area (TPSA) is 20.2 Å².